The molecule has 32 heavy (non-hydrogen) atoms. The fourth-order valence-electron chi connectivity index (χ4n) is 3.70. The minimum Gasteiger partial charge on any atom is -0.493 e. The number of nitrogens with zero attached hydrogens (tertiary/aromatic N) is 1. The van der Waals surface area contributed by atoms with Crippen molar-refractivity contribution < 1.29 is 28.7 Å². The van der Waals surface area contributed by atoms with Gasteiger partial charge in [-0.1, -0.05) is 26.0 Å². The predicted molar refractivity (Wildman–Crippen MR) is 118 cm³/mol. The van der Waals surface area contributed by atoms with Crippen molar-refractivity contribution in [2.45, 2.75) is 46.8 Å². The number of hydrogen-bond acceptors (Lipinski definition) is 6. The summed E-state index contributed by atoms with van der Waals surface area (Å²) in [7, 11) is 0. The molecule has 7 heteroatoms. The summed E-state index contributed by atoms with van der Waals surface area (Å²) in [6, 6.07) is 10.4. The van der Waals surface area contributed by atoms with E-state index >= 15 is 0 Å². The summed E-state index contributed by atoms with van der Waals surface area (Å²) in [5.41, 5.74) is 1.58. The molecule has 0 aliphatic carbocycles. The highest BCUT2D eigenvalue weighted by Crippen LogP contribution is 2.28. The molecule has 168 valence electrons. The Hall–Kier alpha value is -3.48. The van der Waals surface area contributed by atoms with E-state index in [1.54, 1.807) is 42.5 Å². The highest BCUT2D eigenvalue weighted by Gasteiger charge is 2.43. The minimum absolute atomic E-state index is 0.0388. The summed E-state index contributed by atoms with van der Waals surface area (Å²) in [4.78, 5) is 51.7. The van der Waals surface area contributed by atoms with Crippen molar-refractivity contribution in [3.63, 3.8) is 0 Å². The second-order valence-electron chi connectivity index (χ2n) is 8.09. The van der Waals surface area contributed by atoms with Gasteiger partial charge in [-0.25, -0.2) is 4.79 Å². The van der Waals surface area contributed by atoms with Crippen LogP contribution in [0.5, 0.6) is 5.75 Å². The van der Waals surface area contributed by atoms with Gasteiger partial charge in [0.25, 0.3) is 11.8 Å². The van der Waals surface area contributed by atoms with E-state index in [0.717, 1.165) is 4.90 Å². The molecule has 2 aromatic rings. The molecule has 3 rings (SSSR count). The van der Waals surface area contributed by atoms with Gasteiger partial charge in [0.15, 0.2) is 5.78 Å². The number of ether oxygens (including phenoxy) is 2. The van der Waals surface area contributed by atoms with Crippen molar-refractivity contribution in [1.29, 1.82) is 0 Å². The van der Waals surface area contributed by atoms with E-state index in [2.05, 4.69) is 0 Å². The Balaban J connectivity index is 1.84. The number of ketones is 1. The summed E-state index contributed by atoms with van der Waals surface area (Å²) in [5, 5.41) is 0. The number of carbonyl (C=O) groups is 4. The SMILES string of the molecule is CCOc1ccc(C(C)=O)cc1COC(=O)C(CC(C)C)N1C(=O)c2ccccc2C1=O. The molecule has 1 unspecified atom stereocenters. The smallest absolute Gasteiger partial charge is 0.329 e. The first-order valence-electron chi connectivity index (χ1n) is 10.6. The third-order valence-electron chi connectivity index (χ3n) is 5.24. The Morgan fingerprint density at radius 2 is 1.62 bits per heavy atom. The van der Waals surface area contributed by atoms with Gasteiger partial charge in [0.2, 0.25) is 0 Å². The third kappa shape index (κ3) is 4.72. The maximum Gasteiger partial charge on any atom is 0.329 e. The number of Topliss-reactive ketones (excluding diaryl/α,β-unsaturated/α-hetero) is 1. The van der Waals surface area contributed by atoms with Gasteiger partial charge in [-0.05, 0) is 56.5 Å². The van der Waals surface area contributed by atoms with Gasteiger partial charge in [0.1, 0.15) is 18.4 Å². The lowest BCUT2D eigenvalue weighted by molar-refractivity contribution is -0.150. The minimum atomic E-state index is -1.05. The Morgan fingerprint density at radius 3 is 2.16 bits per heavy atom. The molecular weight excluding hydrogens is 410 g/mol. The first kappa shape index (κ1) is 23.2. The number of esters is 1. The predicted octanol–water partition coefficient (Wildman–Crippen LogP) is 4.04. The van der Waals surface area contributed by atoms with Gasteiger partial charge < -0.3 is 9.47 Å². The van der Waals surface area contributed by atoms with E-state index in [4.69, 9.17) is 9.47 Å². The van der Waals surface area contributed by atoms with Crippen molar-refractivity contribution in [2.24, 2.45) is 5.92 Å². The van der Waals surface area contributed by atoms with E-state index in [0.29, 0.717) is 23.5 Å². The number of hydrogen-bond donors (Lipinski definition) is 0. The number of amides is 2. The third-order valence-corrected chi connectivity index (χ3v) is 5.24. The van der Waals surface area contributed by atoms with Crippen LogP contribution >= 0.6 is 0 Å². The van der Waals surface area contributed by atoms with Crippen LogP contribution in [0.3, 0.4) is 0 Å². The molecule has 1 aliphatic rings. The molecule has 0 saturated carbocycles. The van der Waals surface area contributed by atoms with Crippen molar-refractivity contribution in [3.8, 4) is 5.75 Å². The van der Waals surface area contributed by atoms with Gasteiger partial charge in [-0.2, -0.15) is 0 Å². The van der Waals surface area contributed by atoms with Crippen molar-refractivity contribution in [1.82, 2.24) is 4.90 Å². The Bertz CT molecular complexity index is 1020. The molecule has 1 atom stereocenters. The molecule has 1 aliphatic heterocycles. The monoisotopic (exact) mass is 437 g/mol. The normalized spacial score (nSPS) is 13.8. The second kappa shape index (κ2) is 9.77. The van der Waals surface area contributed by atoms with E-state index in [9.17, 15) is 19.2 Å². The van der Waals surface area contributed by atoms with Crippen LogP contribution in [-0.2, 0) is 16.1 Å². The molecule has 2 aromatic carbocycles. The first-order chi connectivity index (χ1) is 15.2. The molecule has 0 bridgehead atoms. The molecule has 0 fully saturated rings. The van der Waals surface area contributed by atoms with Crippen LogP contribution < -0.4 is 4.74 Å². The Labute approximate surface area is 187 Å². The van der Waals surface area contributed by atoms with Crippen molar-refractivity contribution in [3.05, 3.63) is 64.7 Å². The summed E-state index contributed by atoms with van der Waals surface area (Å²) in [6.07, 6.45) is 0.274. The Kier molecular flexibility index (Phi) is 7.08. The number of imide groups is 1. The van der Waals surface area contributed by atoms with Crippen molar-refractivity contribution in [2.75, 3.05) is 6.61 Å². The average molecular weight is 437 g/mol. The zero-order chi connectivity index (χ0) is 23.4. The average Bonchev–Trinajstić information content (AvgIpc) is 3.01. The zero-order valence-corrected chi connectivity index (χ0v) is 18.7. The standard InChI is InChI=1S/C25H27NO6/c1-5-31-22-11-10-17(16(4)27)13-18(22)14-32-25(30)21(12-15(2)3)26-23(28)19-8-6-7-9-20(19)24(26)29/h6-11,13,15,21H,5,12,14H2,1-4H3. The summed E-state index contributed by atoms with van der Waals surface area (Å²) in [6.45, 7) is 7.35. The summed E-state index contributed by atoms with van der Waals surface area (Å²) in [5.74, 6) is -1.25. The van der Waals surface area contributed by atoms with Crippen LogP contribution in [-0.4, -0.2) is 41.1 Å². The van der Waals surface area contributed by atoms with E-state index in [-0.39, 0.29) is 35.9 Å². The van der Waals surface area contributed by atoms with Crippen LogP contribution in [0.1, 0.15) is 70.8 Å². The number of benzene rings is 2. The van der Waals surface area contributed by atoms with Crippen LogP contribution in [0.15, 0.2) is 42.5 Å². The van der Waals surface area contributed by atoms with Crippen LogP contribution in [0.2, 0.25) is 0 Å². The lowest BCUT2D eigenvalue weighted by Crippen LogP contribution is -2.46. The van der Waals surface area contributed by atoms with Gasteiger partial charge in [-0.3, -0.25) is 19.3 Å². The molecule has 0 aromatic heterocycles. The zero-order valence-electron chi connectivity index (χ0n) is 18.7. The largest absolute Gasteiger partial charge is 0.493 e. The highest BCUT2D eigenvalue weighted by atomic mass is 16.5. The molecule has 0 radical (unpaired) electrons. The van der Waals surface area contributed by atoms with Crippen LogP contribution in [0.4, 0.5) is 0 Å². The van der Waals surface area contributed by atoms with E-state index in [1.165, 1.54) is 6.92 Å². The van der Waals surface area contributed by atoms with E-state index < -0.39 is 23.8 Å². The highest BCUT2D eigenvalue weighted by molar-refractivity contribution is 6.22. The molecule has 2 amide bonds. The molecule has 0 saturated heterocycles. The number of carbonyl (C=O) groups excluding carboxylic acids is 4. The molecule has 0 spiro atoms. The quantitative estimate of drug-likeness (QED) is 0.334. The molecule has 0 N–H and O–H groups in total. The summed E-state index contributed by atoms with van der Waals surface area (Å²) < 4.78 is 11.1. The summed E-state index contributed by atoms with van der Waals surface area (Å²) >= 11 is 0. The molecule has 1 heterocycles. The molecule has 7 nitrogen and oxygen atoms in total. The van der Waals surface area contributed by atoms with E-state index in [1.807, 2.05) is 20.8 Å². The van der Waals surface area contributed by atoms with Gasteiger partial charge in [0, 0.05) is 11.1 Å². The van der Waals surface area contributed by atoms with Crippen LogP contribution in [0.25, 0.3) is 0 Å². The lowest BCUT2D eigenvalue weighted by atomic mass is 10.0. The van der Waals surface area contributed by atoms with Crippen LogP contribution in [0, 0.1) is 5.92 Å². The lowest BCUT2D eigenvalue weighted by Gasteiger charge is -2.26. The topological polar surface area (TPSA) is 90.0 Å². The maximum absolute atomic E-state index is 13.1. The number of fused-ring (bicyclic) bond motifs is 1. The maximum atomic E-state index is 13.1. The Morgan fingerprint density at radius 1 is 1.00 bits per heavy atom. The van der Waals surface area contributed by atoms with Crippen molar-refractivity contribution >= 4 is 23.6 Å². The van der Waals surface area contributed by atoms with Gasteiger partial charge in [0.05, 0.1) is 17.7 Å². The fraction of sp³-hybridized carbons (Fsp3) is 0.360. The number of rotatable bonds is 9. The second-order valence-corrected chi connectivity index (χ2v) is 8.09. The molecular formula is C25H27NO6. The fourth-order valence-corrected chi connectivity index (χ4v) is 3.70. The van der Waals surface area contributed by atoms with Gasteiger partial charge in [-0.15, -0.1) is 0 Å². The first-order valence-corrected chi connectivity index (χ1v) is 10.6. The van der Waals surface area contributed by atoms with Gasteiger partial charge >= 0.3 is 5.97 Å².